The van der Waals surface area contributed by atoms with E-state index in [1.807, 2.05) is 12.1 Å². The Hall–Kier alpha value is -2.77. The molecular formula is C17H21N7O. The van der Waals surface area contributed by atoms with Crippen LogP contribution >= 0.6 is 0 Å². The van der Waals surface area contributed by atoms with E-state index < -0.39 is 0 Å². The number of hydrogen-bond acceptors (Lipinski definition) is 8. The molecule has 1 saturated carbocycles. The first-order chi connectivity index (χ1) is 12.3. The van der Waals surface area contributed by atoms with E-state index in [-0.39, 0.29) is 6.04 Å². The van der Waals surface area contributed by atoms with Gasteiger partial charge in [0, 0.05) is 18.4 Å². The molecule has 0 bridgehead atoms. The molecule has 8 heteroatoms. The number of fused-ring (bicyclic) bond motifs is 1. The van der Waals surface area contributed by atoms with Gasteiger partial charge in [0.2, 0.25) is 11.3 Å². The summed E-state index contributed by atoms with van der Waals surface area (Å²) in [5, 5.41) is 14.6. The number of pyridine rings is 1. The molecule has 1 aliphatic carbocycles. The summed E-state index contributed by atoms with van der Waals surface area (Å²) in [5.74, 6) is 1.39. The quantitative estimate of drug-likeness (QED) is 0.705. The van der Waals surface area contributed by atoms with Crippen LogP contribution in [0.15, 0.2) is 29.2 Å². The average Bonchev–Trinajstić information content (AvgIpc) is 3.32. The highest BCUT2D eigenvalue weighted by atomic mass is 16.6. The van der Waals surface area contributed by atoms with E-state index >= 15 is 0 Å². The maximum absolute atomic E-state index is 4.77. The van der Waals surface area contributed by atoms with Crippen molar-refractivity contribution in [1.82, 2.24) is 25.3 Å². The molecule has 4 rings (SSSR count). The van der Waals surface area contributed by atoms with Crippen molar-refractivity contribution in [3.63, 3.8) is 0 Å². The van der Waals surface area contributed by atoms with Crippen LogP contribution in [-0.4, -0.2) is 31.3 Å². The SMILES string of the molecule is CCC(Nc1nc2nonc2nc1NC1CCCC1)c1ccncc1. The van der Waals surface area contributed by atoms with E-state index in [0.29, 0.717) is 29.0 Å². The van der Waals surface area contributed by atoms with Gasteiger partial charge >= 0.3 is 0 Å². The zero-order valence-electron chi connectivity index (χ0n) is 14.1. The maximum atomic E-state index is 4.77. The van der Waals surface area contributed by atoms with Crippen LogP contribution in [0, 0.1) is 0 Å². The van der Waals surface area contributed by atoms with Gasteiger partial charge in [0.25, 0.3) is 0 Å². The van der Waals surface area contributed by atoms with Crippen molar-refractivity contribution in [1.29, 1.82) is 0 Å². The van der Waals surface area contributed by atoms with E-state index in [2.05, 4.69) is 42.8 Å². The molecule has 2 N–H and O–H groups in total. The average molecular weight is 339 g/mol. The molecule has 1 atom stereocenters. The lowest BCUT2D eigenvalue weighted by Gasteiger charge is -2.21. The third-order valence-electron chi connectivity index (χ3n) is 4.64. The fourth-order valence-electron chi connectivity index (χ4n) is 3.28. The summed E-state index contributed by atoms with van der Waals surface area (Å²) in [5.41, 5.74) is 1.98. The normalized spacial score (nSPS) is 16.2. The highest BCUT2D eigenvalue weighted by molar-refractivity contribution is 5.73. The second-order valence-corrected chi connectivity index (χ2v) is 6.34. The lowest BCUT2D eigenvalue weighted by atomic mass is 10.1. The second-order valence-electron chi connectivity index (χ2n) is 6.34. The Morgan fingerprint density at radius 1 is 1.08 bits per heavy atom. The Morgan fingerprint density at radius 2 is 1.76 bits per heavy atom. The summed E-state index contributed by atoms with van der Waals surface area (Å²) in [4.78, 5) is 13.2. The molecule has 0 aromatic carbocycles. The van der Waals surface area contributed by atoms with Crippen LogP contribution in [-0.2, 0) is 0 Å². The first kappa shape index (κ1) is 15.7. The fourth-order valence-corrected chi connectivity index (χ4v) is 3.28. The van der Waals surface area contributed by atoms with Gasteiger partial charge in [-0.15, -0.1) is 0 Å². The Labute approximate surface area is 145 Å². The molecule has 1 fully saturated rings. The molecular weight excluding hydrogens is 318 g/mol. The minimum absolute atomic E-state index is 0.110. The Kier molecular flexibility index (Phi) is 4.41. The van der Waals surface area contributed by atoms with Crippen molar-refractivity contribution >= 4 is 22.9 Å². The third-order valence-corrected chi connectivity index (χ3v) is 4.64. The van der Waals surface area contributed by atoms with Gasteiger partial charge in [-0.05, 0) is 47.3 Å². The Bertz CT molecular complexity index is 829. The molecule has 3 heterocycles. The lowest BCUT2D eigenvalue weighted by molar-refractivity contribution is 0.314. The van der Waals surface area contributed by atoms with Crippen LogP contribution < -0.4 is 10.6 Å². The van der Waals surface area contributed by atoms with Crippen molar-refractivity contribution in [2.24, 2.45) is 0 Å². The zero-order valence-corrected chi connectivity index (χ0v) is 14.1. The summed E-state index contributed by atoms with van der Waals surface area (Å²) in [6.07, 6.45) is 9.30. The summed E-state index contributed by atoms with van der Waals surface area (Å²) in [6, 6.07) is 4.55. The van der Waals surface area contributed by atoms with Gasteiger partial charge in [0.15, 0.2) is 11.6 Å². The molecule has 1 aliphatic rings. The highest BCUT2D eigenvalue weighted by Gasteiger charge is 2.21. The van der Waals surface area contributed by atoms with Crippen molar-refractivity contribution < 1.29 is 4.63 Å². The molecule has 3 aromatic heterocycles. The van der Waals surface area contributed by atoms with E-state index in [4.69, 9.17) is 4.63 Å². The van der Waals surface area contributed by atoms with Crippen LogP contribution in [0.2, 0.25) is 0 Å². The van der Waals surface area contributed by atoms with Crippen LogP contribution in [0.25, 0.3) is 11.3 Å². The summed E-state index contributed by atoms with van der Waals surface area (Å²) < 4.78 is 4.77. The number of anilines is 2. The van der Waals surface area contributed by atoms with E-state index in [1.165, 1.54) is 12.8 Å². The van der Waals surface area contributed by atoms with Crippen molar-refractivity contribution in [3.05, 3.63) is 30.1 Å². The van der Waals surface area contributed by atoms with Gasteiger partial charge in [0.1, 0.15) is 0 Å². The monoisotopic (exact) mass is 339 g/mol. The van der Waals surface area contributed by atoms with Crippen LogP contribution in [0.5, 0.6) is 0 Å². The predicted octanol–water partition coefficient (Wildman–Crippen LogP) is 3.33. The van der Waals surface area contributed by atoms with E-state index in [9.17, 15) is 0 Å². The van der Waals surface area contributed by atoms with Gasteiger partial charge in [-0.2, -0.15) is 0 Å². The Morgan fingerprint density at radius 3 is 2.44 bits per heavy atom. The summed E-state index contributed by atoms with van der Waals surface area (Å²) >= 11 is 0. The van der Waals surface area contributed by atoms with Crippen molar-refractivity contribution in [3.8, 4) is 0 Å². The molecule has 3 aromatic rings. The number of hydrogen-bond donors (Lipinski definition) is 2. The minimum atomic E-state index is 0.110. The number of aromatic nitrogens is 5. The van der Waals surface area contributed by atoms with Crippen LogP contribution in [0.3, 0.4) is 0 Å². The molecule has 0 radical (unpaired) electrons. The smallest absolute Gasteiger partial charge is 0.245 e. The summed E-state index contributed by atoms with van der Waals surface area (Å²) in [7, 11) is 0. The third kappa shape index (κ3) is 3.38. The van der Waals surface area contributed by atoms with Gasteiger partial charge in [0.05, 0.1) is 6.04 Å². The van der Waals surface area contributed by atoms with Gasteiger partial charge in [-0.1, -0.05) is 19.8 Å². The van der Waals surface area contributed by atoms with E-state index in [1.54, 1.807) is 12.4 Å². The molecule has 130 valence electrons. The summed E-state index contributed by atoms with van der Waals surface area (Å²) in [6.45, 7) is 2.13. The maximum Gasteiger partial charge on any atom is 0.245 e. The van der Waals surface area contributed by atoms with Gasteiger partial charge in [-0.25, -0.2) is 14.6 Å². The fraction of sp³-hybridized carbons (Fsp3) is 0.471. The molecule has 1 unspecified atom stereocenters. The Balaban J connectivity index is 1.66. The van der Waals surface area contributed by atoms with Crippen molar-refractivity contribution in [2.45, 2.75) is 51.1 Å². The first-order valence-electron chi connectivity index (χ1n) is 8.77. The van der Waals surface area contributed by atoms with Gasteiger partial charge < -0.3 is 10.6 Å². The number of nitrogens with one attached hydrogen (secondary N) is 2. The molecule has 0 amide bonds. The largest absolute Gasteiger partial charge is 0.364 e. The molecule has 8 nitrogen and oxygen atoms in total. The lowest BCUT2D eigenvalue weighted by Crippen LogP contribution is -2.19. The molecule has 25 heavy (non-hydrogen) atoms. The molecule has 0 spiro atoms. The van der Waals surface area contributed by atoms with Crippen molar-refractivity contribution in [2.75, 3.05) is 10.6 Å². The van der Waals surface area contributed by atoms with E-state index in [0.717, 1.165) is 24.8 Å². The number of nitrogens with zero attached hydrogens (tertiary/aromatic N) is 5. The second kappa shape index (κ2) is 7.00. The minimum Gasteiger partial charge on any atom is -0.364 e. The van der Waals surface area contributed by atoms with Gasteiger partial charge in [-0.3, -0.25) is 4.98 Å². The standard InChI is InChI=1S/C17H21N7O/c1-2-13(11-7-9-18-10-8-11)20-15-14(19-12-5-3-4-6-12)21-16-17(22-15)24-25-23-16/h7-10,12-13H,2-6H2,1H3,(H,19,21,23)(H,20,22,24). The molecule has 0 aliphatic heterocycles. The predicted molar refractivity (Wildman–Crippen MR) is 94.2 cm³/mol. The van der Waals surface area contributed by atoms with Crippen LogP contribution in [0.1, 0.15) is 50.6 Å². The van der Waals surface area contributed by atoms with Crippen LogP contribution in [0.4, 0.5) is 11.6 Å². The number of rotatable bonds is 6. The topological polar surface area (TPSA) is 102 Å². The first-order valence-corrected chi connectivity index (χ1v) is 8.77. The zero-order chi connectivity index (χ0) is 17.1. The highest BCUT2D eigenvalue weighted by Crippen LogP contribution is 2.29. The molecule has 0 saturated heterocycles.